The molecule has 2 aromatic rings. The second-order valence-electron chi connectivity index (χ2n) is 4.82. The van der Waals surface area contributed by atoms with E-state index in [4.69, 9.17) is 15.9 Å². The lowest BCUT2D eigenvalue weighted by atomic mass is 9.91. The molecule has 0 amide bonds. The van der Waals surface area contributed by atoms with Crippen LogP contribution in [0.3, 0.4) is 0 Å². The maximum atomic E-state index is 11.0. The predicted molar refractivity (Wildman–Crippen MR) is 77.8 cm³/mol. The Morgan fingerprint density at radius 3 is 1.81 bits per heavy atom. The first-order valence-corrected chi connectivity index (χ1v) is 6.33. The third kappa shape index (κ3) is 3.09. The third-order valence-electron chi connectivity index (χ3n) is 3.31. The largest absolute Gasteiger partial charge is 0.479 e. The lowest BCUT2D eigenvalue weighted by molar-refractivity contribution is -0.156. The summed E-state index contributed by atoms with van der Waals surface area (Å²) in [6.45, 7) is 0. The van der Waals surface area contributed by atoms with Crippen molar-refractivity contribution in [1.82, 2.24) is 0 Å². The molecule has 5 nitrogen and oxygen atoms in total. The van der Waals surface area contributed by atoms with Crippen molar-refractivity contribution >= 4 is 11.9 Å². The van der Waals surface area contributed by atoms with Gasteiger partial charge in [0.05, 0.1) is 0 Å². The molecular formula is C16H15NO4. The number of hydrogen-bond acceptors (Lipinski definition) is 3. The van der Waals surface area contributed by atoms with Gasteiger partial charge in [-0.25, -0.2) is 9.59 Å². The summed E-state index contributed by atoms with van der Waals surface area (Å²) < 4.78 is 0. The van der Waals surface area contributed by atoms with Crippen LogP contribution in [0.1, 0.15) is 5.56 Å². The first-order valence-electron chi connectivity index (χ1n) is 6.33. The van der Waals surface area contributed by atoms with Gasteiger partial charge < -0.3 is 15.9 Å². The molecule has 2 aromatic carbocycles. The topological polar surface area (TPSA) is 101 Å². The molecule has 0 saturated heterocycles. The standard InChI is InChI=1S/C16H15NO4/c17-16(14(18)19,15(20)21)10-11-6-8-13(9-7-11)12-4-2-1-3-5-12/h1-9H,10,17H2,(H,18,19)(H,20,21). The van der Waals surface area contributed by atoms with E-state index in [9.17, 15) is 9.59 Å². The monoisotopic (exact) mass is 285 g/mol. The van der Waals surface area contributed by atoms with Crippen LogP contribution in [-0.2, 0) is 16.0 Å². The number of carboxylic acid groups (broad SMARTS) is 2. The van der Waals surface area contributed by atoms with Crippen molar-refractivity contribution in [2.75, 3.05) is 0 Å². The smallest absolute Gasteiger partial charge is 0.335 e. The van der Waals surface area contributed by atoms with Crippen LogP contribution in [0.25, 0.3) is 11.1 Å². The Morgan fingerprint density at radius 2 is 1.33 bits per heavy atom. The lowest BCUT2D eigenvalue weighted by Gasteiger charge is -2.19. The summed E-state index contributed by atoms with van der Waals surface area (Å²) in [6, 6.07) is 16.7. The minimum absolute atomic E-state index is 0.271. The van der Waals surface area contributed by atoms with Crippen LogP contribution in [0, 0.1) is 0 Å². The molecule has 21 heavy (non-hydrogen) atoms. The molecule has 5 heteroatoms. The van der Waals surface area contributed by atoms with Crippen molar-refractivity contribution in [1.29, 1.82) is 0 Å². The van der Waals surface area contributed by atoms with Gasteiger partial charge in [-0.1, -0.05) is 54.6 Å². The second kappa shape index (κ2) is 5.76. The van der Waals surface area contributed by atoms with E-state index in [1.54, 1.807) is 12.1 Å². The molecule has 0 aliphatic carbocycles. The first kappa shape index (κ1) is 14.7. The fraction of sp³-hybridized carbons (Fsp3) is 0.125. The van der Waals surface area contributed by atoms with Gasteiger partial charge >= 0.3 is 11.9 Å². The summed E-state index contributed by atoms with van der Waals surface area (Å²) in [5, 5.41) is 18.0. The zero-order valence-corrected chi connectivity index (χ0v) is 11.2. The molecule has 0 bridgehead atoms. The van der Waals surface area contributed by atoms with Gasteiger partial charge in [0, 0.05) is 6.42 Å². The van der Waals surface area contributed by atoms with Crippen LogP contribution in [0.5, 0.6) is 0 Å². The van der Waals surface area contributed by atoms with E-state index in [1.807, 2.05) is 42.5 Å². The van der Waals surface area contributed by atoms with Gasteiger partial charge in [0.15, 0.2) is 0 Å². The predicted octanol–water partition coefficient (Wildman–Crippen LogP) is 1.76. The van der Waals surface area contributed by atoms with Gasteiger partial charge in [-0.15, -0.1) is 0 Å². The average molecular weight is 285 g/mol. The zero-order valence-electron chi connectivity index (χ0n) is 11.2. The minimum Gasteiger partial charge on any atom is -0.479 e. The number of carbonyl (C=O) groups is 2. The van der Waals surface area contributed by atoms with Crippen LogP contribution >= 0.6 is 0 Å². The molecule has 0 fully saturated rings. The van der Waals surface area contributed by atoms with Crippen molar-refractivity contribution in [3.8, 4) is 11.1 Å². The van der Waals surface area contributed by atoms with E-state index in [-0.39, 0.29) is 6.42 Å². The van der Waals surface area contributed by atoms with Crippen molar-refractivity contribution in [3.05, 3.63) is 60.2 Å². The Labute approximate surface area is 121 Å². The molecule has 0 aromatic heterocycles. The summed E-state index contributed by atoms with van der Waals surface area (Å²) in [6.07, 6.45) is -0.271. The van der Waals surface area contributed by atoms with E-state index in [2.05, 4.69) is 0 Å². The number of benzene rings is 2. The molecule has 0 heterocycles. The van der Waals surface area contributed by atoms with Gasteiger partial charge in [0.25, 0.3) is 0 Å². The summed E-state index contributed by atoms with van der Waals surface area (Å²) >= 11 is 0. The average Bonchev–Trinajstić information content (AvgIpc) is 2.48. The number of carboxylic acids is 2. The molecule has 0 atom stereocenters. The molecule has 0 aliphatic rings. The fourth-order valence-corrected chi connectivity index (χ4v) is 2.01. The Balaban J connectivity index is 2.24. The van der Waals surface area contributed by atoms with E-state index in [0.29, 0.717) is 5.56 Å². The van der Waals surface area contributed by atoms with Gasteiger partial charge in [-0.3, -0.25) is 0 Å². The SMILES string of the molecule is NC(Cc1ccc(-c2ccccc2)cc1)(C(=O)O)C(=O)O. The molecule has 0 unspecified atom stereocenters. The van der Waals surface area contributed by atoms with Crippen LogP contribution < -0.4 is 5.73 Å². The maximum absolute atomic E-state index is 11.0. The van der Waals surface area contributed by atoms with Gasteiger partial charge in [-0.2, -0.15) is 0 Å². The highest BCUT2D eigenvalue weighted by molar-refractivity contribution is 6.03. The molecule has 0 radical (unpaired) electrons. The van der Waals surface area contributed by atoms with Gasteiger partial charge in [-0.05, 0) is 16.7 Å². The highest BCUT2D eigenvalue weighted by atomic mass is 16.4. The highest BCUT2D eigenvalue weighted by Crippen LogP contribution is 2.21. The lowest BCUT2D eigenvalue weighted by Crippen LogP contribution is -2.56. The Kier molecular flexibility index (Phi) is 4.05. The van der Waals surface area contributed by atoms with E-state index < -0.39 is 17.5 Å². The Bertz CT molecular complexity index is 636. The van der Waals surface area contributed by atoms with Crippen molar-refractivity contribution < 1.29 is 19.8 Å². The highest BCUT2D eigenvalue weighted by Gasteiger charge is 2.42. The Morgan fingerprint density at radius 1 is 0.857 bits per heavy atom. The van der Waals surface area contributed by atoms with Crippen LogP contribution in [0.2, 0.25) is 0 Å². The molecule has 0 aliphatic heterocycles. The number of aliphatic carboxylic acids is 2. The summed E-state index contributed by atoms with van der Waals surface area (Å²) in [5.41, 5.74) is 5.70. The van der Waals surface area contributed by atoms with E-state index >= 15 is 0 Å². The van der Waals surface area contributed by atoms with Gasteiger partial charge in [0.1, 0.15) is 0 Å². The third-order valence-corrected chi connectivity index (χ3v) is 3.31. The van der Waals surface area contributed by atoms with Crippen LogP contribution in [-0.4, -0.2) is 27.7 Å². The van der Waals surface area contributed by atoms with E-state index in [1.165, 1.54) is 0 Å². The van der Waals surface area contributed by atoms with Crippen molar-refractivity contribution in [2.45, 2.75) is 12.0 Å². The van der Waals surface area contributed by atoms with Crippen LogP contribution in [0.15, 0.2) is 54.6 Å². The molecule has 4 N–H and O–H groups in total. The number of rotatable bonds is 5. The molecule has 108 valence electrons. The fourth-order valence-electron chi connectivity index (χ4n) is 2.01. The second-order valence-corrected chi connectivity index (χ2v) is 4.82. The summed E-state index contributed by atoms with van der Waals surface area (Å²) in [4.78, 5) is 22.1. The Hall–Kier alpha value is -2.66. The first-order chi connectivity index (χ1) is 9.93. The van der Waals surface area contributed by atoms with Crippen LogP contribution in [0.4, 0.5) is 0 Å². The van der Waals surface area contributed by atoms with Crippen molar-refractivity contribution in [3.63, 3.8) is 0 Å². The van der Waals surface area contributed by atoms with E-state index in [0.717, 1.165) is 11.1 Å². The summed E-state index contributed by atoms with van der Waals surface area (Å²) in [5.74, 6) is -3.11. The normalized spacial score (nSPS) is 11.1. The zero-order chi connectivity index (χ0) is 15.5. The summed E-state index contributed by atoms with van der Waals surface area (Å²) in [7, 11) is 0. The molecule has 2 rings (SSSR count). The molecule has 0 saturated carbocycles. The number of hydrogen-bond donors (Lipinski definition) is 3. The van der Waals surface area contributed by atoms with Crippen molar-refractivity contribution in [2.24, 2.45) is 5.73 Å². The molecule has 0 spiro atoms. The quantitative estimate of drug-likeness (QED) is 0.727. The number of nitrogens with two attached hydrogens (primary N) is 1. The minimum atomic E-state index is -2.31. The maximum Gasteiger partial charge on any atom is 0.335 e. The molecular weight excluding hydrogens is 270 g/mol. The van der Waals surface area contributed by atoms with Gasteiger partial charge in [0.2, 0.25) is 5.54 Å².